The van der Waals surface area contributed by atoms with Crippen molar-refractivity contribution in [2.24, 2.45) is 0 Å². The van der Waals surface area contributed by atoms with Crippen LogP contribution in [0.4, 0.5) is 15.8 Å². The molecule has 7 heteroatoms. The van der Waals surface area contributed by atoms with E-state index in [9.17, 15) is 9.18 Å². The monoisotopic (exact) mass is 372 g/mol. The van der Waals surface area contributed by atoms with Crippen molar-refractivity contribution in [3.8, 4) is 5.75 Å². The standard InChI is InChI=1S/C14H11BrClFN2O2/c15-8-1-4-13(10(17)5-8)21-7-14(20)19-12-6-9(16)2-3-11(12)18/h1-6H,7,18H2,(H,19,20). The molecule has 0 aromatic heterocycles. The zero-order valence-electron chi connectivity index (χ0n) is 10.7. The first-order valence-electron chi connectivity index (χ1n) is 5.88. The van der Waals surface area contributed by atoms with Crippen LogP contribution in [0, 0.1) is 5.82 Å². The number of halogens is 3. The van der Waals surface area contributed by atoms with E-state index in [1.54, 1.807) is 18.2 Å². The highest BCUT2D eigenvalue weighted by molar-refractivity contribution is 9.10. The van der Waals surface area contributed by atoms with Crippen LogP contribution < -0.4 is 15.8 Å². The largest absolute Gasteiger partial charge is 0.481 e. The maximum Gasteiger partial charge on any atom is 0.262 e. The molecular weight excluding hydrogens is 363 g/mol. The Morgan fingerprint density at radius 1 is 1.33 bits per heavy atom. The van der Waals surface area contributed by atoms with Crippen LogP contribution in [-0.4, -0.2) is 12.5 Å². The van der Waals surface area contributed by atoms with Gasteiger partial charge in [-0.25, -0.2) is 4.39 Å². The summed E-state index contributed by atoms with van der Waals surface area (Å²) in [6.07, 6.45) is 0. The first-order valence-corrected chi connectivity index (χ1v) is 7.05. The van der Waals surface area contributed by atoms with Crippen molar-refractivity contribution in [3.63, 3.8) is 0 Å². The predicted octanol–water partition coefficient (Wildman–Crippen LogP) is 3.84. The highest BCUT2D eigenvalue weighted by atomic mass is 79.9. The van der Waals surface area contributed by atoms with Gasteiger partial charge in [0.05, 0.1) is 11.4 Å². The molecule has 3 N–H and O–H groups in total. The molecule has 0 radical (unpaired) electrons. The van der Waals surface area contributed by atoms with E-state index in [0.717, 1.165) is 0 Å². The summed E-state index contributed by atoms with van der Waals surface area (Å²) in [5, 5.41) is 2.99. The summed E-state index contributed by atoms with van der Waals surface area (Å²) in [6, 6.07) is 9.01. The van der Waals surface area contributed by atoms with Crippen LogP contribution in [0.2, 0.25) is 5.02 Å². The second kappa shape index (κ2) is 6.78. The number of nitrogens with one attached hydrogen (secondary N) is 1. The zero-order valence-corrected chi connectivity index (χ0v) is 13.0. The van der Waals surface area contributed by atoms with Crippen molar-refractivity contribution < 1.29 is 13.9 Å². The first kappa shape index (κ1) is 15.6. The summed E-state index contributed by atoms with van der Waals surface area (Å²) >= 11 is 8.95. The lowest BCUT2D eigenvalue weighted by molar-refractivity contribution is -0.118. The van der Waals surface area contributed by atoms with Gasteiger partial charge in [-0.1, -0.05) is 27.5 Å². The number of hydrogen-bond donors (Lipinski definition) is 2. The van der Waals surface area contributed by atoms with Gasteiger partial charge in [-0.15, -0.1) is 0 Å². The lowest BCUT2D eigenvalue weighted by atomic mass is 10.2. The number of ether oxygens (including phenoxy) is 1. The zero-order chi connectivity index (χ0) is 15.4. The average Bonchev–Trinajstić information content (AvgIpc) is 2.42. The van der Waals surface area contributed by atoms with Gasteiger partial charge in [0.2, 0.25) is 0 Å². The quantitative estimate of drug-likeness (QED) is 0.800. The van der Waals surface area contributed by atoms with Gasteiger partial charge < -0.3 is 15.8 Å². The van der Waals surface area contributed by atoms with Crippen LogP contribution in [0.5, 0.6) is 5.75 Å². The maximum absolute atomic E-state index is 13.5. The highest BCUT2D eigenvalue weighted by Crippen LogP contribution is 2.23. The summed E-state index contributed by atoms with van der Waals surface area (Å²) < 4.78 is 19.2. The summed E-state index contributed by atoms with van der Waals surface area (Å²) in [4.78, 5) is 11.8. The van der Waals surface area contributed by atoms with Gasteiger partial charge >= 0.3 is 0 Å². The van der Waals surface area contributed by atoms with Gasteiger partial charge in [0.15, 0.2) is 18.2 Å². The van der Waals surface area contributed by atoms with Gasteiger partial charge in [-0.05, 0) is 36.4 Å². The Labute approximate surface area is 134 Å². The summed E-state index contributed by atoms with van der Waals surface area (Å²) in [5.41, 5.74) is 6.47. The Kier molecular flexibility index (Phi) is 5.03. The van der Waals surface area contributed by atoms with E-state index >= 15 is 0 Å². The van der Waals surface area contributed by atoms with Crippen LogP contribution in [0.1, 0.15) is 0 Å². The van der Waals surface area contributed by atoms with Gasteiger partial charge in [0.1, 0.15) is 0 Å². The molecule has 0 aliphatic heterocycles. The highest BCUT2D eigenvalue weighted by Gasteiger charge is 2.09. The fourth-order valence-corrected chi connectivity index (χ4v) is 2.06. The van der Waals surface area contributed by atoms with Gasteiger partial charge in [-0.2, -0.15) is 0 Å². The molecule has 0 heterocycles. The van der Waals surface area contributed by atoms with Crippen molar-refractivity contribution in [2.45, 2.75) is 0 Å². The molecule has 0 spiro atoms. The summed E-state index contributed by atoms with van der Waals surface area (Å²) in [5.74, 6) is -1.03. The third kappa shape index (κ3) is 4.34. The Bertz CT molecular complexity index is 682. The normalized spacial score (nSPS) is 10.2. The first-order chi connectivity index (χ1) is 9.95. The van der Waals surface area contributed by atoms with Crippen molar-refractivity contribution in [3.05, 3.63) is 51.7 Å². The minimum Gasteiger partial charge on any atom is -0.481 e. The van der Waals surface area contributed by atoms with Crippen molar-refractivity contribution in [1.29, 1.82) is 0 Å². The minimum atomic E-state index is -0.556. The van der Waals surface area contributed by atoms with Crippen molar-refractivity contribution in [2.75, 3.05) is 17.7 Å². The maximum atomic E-state index is 13.5. The Morgan fingerprint density at radius 2 is 2.10 bits per heavy atom. The van der Waals surface area contributed by atoms with Crippen LogP contribution in [0.3, 0.4) is 0 Å². The second-order valence-corrected chi connectivity index (χ2v) is 5.50. The molecule has 0 bridgehead atoms. The number of nitrogen functional groups attached to an aromatic ring is 1. The van der Waals surface area contributed by atoms with E-state index in [0.29, 0.717) is 20.9 Å². The molecular formula is C14H11BrClFN2O2. The Morgan fingerprint density at radius 3 is 2.81 bits per heavy atom. The number of hydrogen-bond acceptors (Lipinski definition) is 3. The number of rotatable bonds is 4. The van der Waals surface area contributed by atoms with E-state index in [1.165, 1.54) is 18.2 Å². The third-order valence-corrected chi connectivity index (χ3v) is 3.27. The van der Waals surface area contributed by atoms with E-state index in [2.05, 4.69) is 21.2 Å². The molecule has 21 heavy (non-hydrogen) atoms. The molecule has 4 nitrogen and oxygen atoms in total. The Hall–Kier alpha value is -1.79. The van der Waals surface area contributed by atoms with Gasteiger partial charge in [0, 0.05) is 9.50 Å². The molecule has 0 saturated heterocycles. The molecule has 1 amide bonds. The van der Waals surface area contributed by atoms with E-state index in [-0.39, 0.29) is 12.4 Å². The summed E-state index contributed by atoms with van der Waals surface area (Å²) in [6.45, 7) is -0.343. The molecule has 2 rings (SSSR count). The van der Waals surface area contributed by atoms with E-state index in [4.69, 9.17) is 22.1 Å². The topological polar surface area (TPSA) is 64.3 Å². The minimum absolute atomic E-state index is 0.00702. The SMILES string of the molecule is Nc1ccc(Cl)cc1NC(=O)COc1ccc(Br)cc1F. The average molecular weight is 374 g/mol. The van der Waals surface area contributed by atoms with Crippen LogP contribution >= 0.6 is 27.5 Å². The molecule has 0 fully saturated rings. The van der Waals surface area contributed by atoms with Crippen molar-refractivity contribution >= 4 is 44.8 Å². The smallest absolute Gasteiger partial charge is 0.262 e. The lowest BCUT2D eigenvalue weighted by Gasteiger charge is -2.10. The Balaban J connectivity index is 1.97. The molecule has 2 aromatic rings. The fourth-order valence-electron chi connectivity index (χ4n) is 1.56. The lowest BCUT2D eigenvalue weighted by Crippen LogP contribution is -2.21. The van der Waals surface area contributed by atoms with E-state index < -0.39 is 11.7 Å². The van der Waals surface area contributed by atoms with Crippen LogP contribution in [0.25, 0.3) is 0 Å². The molecule has 0 atom stereocenters. The molecule has 0 unspecified atom stereocenters. The number of amides is 1. The number of benzene rings is 2. The predicted molar refractivity (Wildman–Crippen MR) is 84.1 cm³/mol. The fraction of sp³-hybridized carbons (Fsp3) is 0.0714. The van der Waals surface area contributed by atoms with Crippen molar-refractivity contribution in [1.82, 2.24) is 0 Å². The number of nitrogens with two attached hydrogens (primary N) is 1. The number of carbonyl (C=O) groups excluding carboxylic acids is 1. The number of anilines is 2. The van der Waals surface area contributed by atoms with Gasteiger partial charge in [-0.3, -0.25) is 4.79 Å². The molecule has 0 aliphatic rings. The van der Waals surface area contributed by atoms with E-state index in [1.807, 2.05) is 0 Å². The molecule has 2 aromatic carbocycles. The molecule has 0 aliphatic carbocycles. The third-order valence-electron chi connectivity index (χ3n) is 2.54. The summed E-state index contributed by atoms with van der Waals surface area (Å²) in [7, 11) is 0. The molecule has 0 saturated carbocycles. The molecule has 110 valence electrons. The van der Waals surface area contributed by atoms with Crippen LogP contribution in [-0.2, 0) is 4.79 Å². The van der Waals surface area contributed by atoms with Gasteiger partial charge in [0.25, 0.3) is 5.91 Å². The number of carbonyl (C=O) groups is 1. The van der Waals surface area contributed by atoms with Crippen LogP contribution in [0.15, 0.2) is 40.9 Å². The second-order valence-electron chi connectivity index (χ2n) is 4.14.